The van der Waals surface area contributed by atoms with Gasteiger partial charge in [-0.25, -0.2) is 0 Å². The van der Waals surface area contributed by atoms with Crippen molar-refractivity contribution in [1.29, 1.82) is 0 Å². The van der Waals surface area contributed by atoms with Crippen LogP contribution in [0.25, 0.3) is 0 Å². The predicted octanol–water partition coefficient (Wildman–Crippen LogP) is 3.65. The second-order valence-corrected chi connectivity index (χ2v) is 7.07. The minimum absolute atomic E-state index is 0.357. The van der Waals surface area contributed by atoms with Gasteiger partial charge in [-0.15, -0.1) is 0 Å². The maximum Gasteiger partial charge on any atom is 0.0897 e. The molecule has 2 aliphatic carbocycles. The lowest BCUT2D eigenvalue weighted by Crippen LogP contribution is -2.42. The molecule has 0 aliphatic heterocycles. The number of aliphatic hydroxyl groups excluding tert-OH is 1. The van der Waals surface area contributed by atoms with Gasteiger partial charge < -0.3 is 15.2 Å². The number of ether oxygens (including phenoxy) is 1. The summed E-state index contributed by atoms with van der Waals surface area (Å²) in [5.41, 5.74) is 0. The molecule has 2 N–H and O–H groups in total. The number of nitrogens with one attached hydrogen (secondary N) is 1. The first-order valence-electron chi connectivity index (χ1n) is 9.32. The Labute approximate surface area is 130 Å². The Bertz CT molecular complexity index is 260. The van der Waals surface area contributed by atoms with E-state index >= 15 is 0 Å². The maximum absolute atomic E-state index is 10.1. The molecule has 2 atom stereocenters. The summed E-state index contributed by atoms with van der Waals surface area (Å²) in [6.07, 6.45) is 14.4. The van der Waals surface area contributed by atoms with Crippen LogP contribution in [-0.4, -0.2) is 36.5 Å². The van der Waals surface area contributed by atoms with Gasteiger partial charge >= 0.3 is 0 Å². The van der Waals surface area contributed by atoms with Gasteiger partial charge in [-0.3, -0.25) is 0 Å². The third kappa shape index (κ3) is 6.25. The van der Waals surface area contributed by atoms with Crippen molar-refractivity contribution in [3.63, 3.8) is 0 Å². The molecule has 0 amide bonds. The molecule has 0 heterocycles. The molecule has 2 rings (SSSR count). The van der Waals surface area contributed by atoms with Crippen LogP contribution in [-0.2, 0) is 4.74 Å². The Balaban J connectivity index is 1.60. The van der Waals surface area contributed by atoms with Gasteiger partial charge in [0, 0.05) is 12.6 Å². The summed E-state index contributed by atoms with van der Waals surface area (Å²) < 4.78 is 5.87. The van der Waals surface area contributed by atoms with E-state index in [0.717, 1.165) is 5.92 Å². The lowest BCUT2D eigenvalue weighted by Gasteiger charge is -2.31. The van der Waals surface area contributed by atoms with Gasteiger partial charge in [0.1, 0.15) is 0 Å². The molecule has 2 aliphatic rings. The fraction of sp³-hybridized carbons (Fsp3) is 1.00. The van der Waals surface area contributed by atoms with E-state index in [9.17, 15) is 5.11 Å². The van der Waals surface area contributed by atoms with Crippen molar-refractivity contribution in [2.24, 2.45) is 5.92 Å². The van der Waals surface area contributed by atoms with Crippen LogP contribution in [0.4, 0.5) is 0 Å². The molecule has 2 saturated carbocycles. The van der Waals surface area contributed by atoms with Crippen molar-refractivity contribution < 1.29 is 9.84 Å². The van der Waals surface area contributed by atoms with Gasteiger partial charge in [0.25, 0.3) is 0 Å². The van der Waals surface area contributed by atoms with Gasteiger partial charge in [0.2, 0.25) is 0 Å². The van der Waals surface area contributed by atoms with Crippen LogP contribution >= 0.6 is 0 Å². The highest BCUT2D eigenvalue weighted by molar-refractivity contribution is 4.79. The smallest absolute Gasteiger partial charge is 0.0897 e. The molecule has 2 unspecified atom stereocenters. The van der Waals surface area contributed by atoms with E-state index in [-0.39, 0.29) is 6.10 Å². The van der Waals surface area contributed by atoms with Crippen molar-refractivity contribution in [3.05, 3.63) is 0 Å². The van der Waals surface area contributed by atoms with Crippen LogP contribution in [0.3, 0.4) is 0 Å². The highest BCUT2D eigenvalue weighted by Gasteiger charge is 2.23. The molecule has 124 valence electrons. The van der Waals surface area contributed by atoms with Gasteiger partial charge in [0.05, 0.1) is 18.8 Å². The van der Waals surface area contributed by atoms with E-state index in [1.165, 1.54) is 70.6 Å². The predicted molar refractivity (Wildman–Crippen MR) is 87.5 cm³/mol. The summed E-state index contributed by atoms with van der Waals surface area (Å²) in [4.78, 5) is 0. The monoisotopic (exact) mass is 297 g/mol. The maximum atomic E-state index is 10.1. The van der Waals surface area contributed by atoms with Crippen molar-refractivity contribution in [3.8, 4) is 0 Å². The van der Waals surface area contributed by atoms with E-state index in [1.54, 1.807) is 0 Å². The molecular weight excluding hydrogens is 262 g/mol. The Kier molecular flexibility index (Phi) is 8.05. The Morgan fingerprint density at radius 1 is 1.00 bits per heavy atom. The van der Waals surface area contributed by atoms with Gasteiger partial charge in [-0.05, 0) is 38.0 Å². The Morgan fingerprint density at radius 3 is 2.24 bits per heavy atom. The third-order valence-electron chi connectivity index (χ3n) is 5.35. The van der Waals surface area contributed by atoms with E-state index in [2.05, 4.69) is 12.2 Å². The van der Waals surface area contributed by atoms with Gasteiger partial charge in [0.15, 0.2) is 0 Å². The summed E-state index contributed by atoms with van der Waals surface area (Å²) in [6, 6.07) is 0.578. The van der Waals surface area contributed by atoms with Gasteiger partial charge in [-0.1, -0.05) is 45.4 Å². The largest absolute Gasteiger partial charge is 0.389 e. The zero-order valence-electron chi connectivity index (χ0n) is 13.9. The van der Waals surface area contributed by atoms with Crippen molar-refractivity contribution >= 4 is 0 Å². The summed E-state index contributed by atoms with van der Waals surface area (Å²) in [7, 11) is 0. The molecule has 0 aromatic rings. The molecule has 0 aromatic carbocycles. The molecule has 0 radical (unpaired) electrons. The summed E-state index contributed by atoms with van der Waals surface area (Å²) in [5.74, 6) is 0.815. The Morgan fingerprint density at radius 2 is 1.62 bits per heavy atom. The summed E-state index contributed by atoms with van der Waals surface area (Å²) >= 11 is 0. The van der Waals surface area contributed by atoms with Gasteiger partial charge in [-0.2, -0.15) is 0 Å². The van der Waals surface area contributed by atoms with E-state index in [4.69, 9.17) is 4.74 Å². The molecule has 3 nitrogen and oxygen atoms in total. The van der Waals surface area contributed by atoms with Crippen LogP contribution < -0.4 is 5.32 Å². The molecule has 2 fully saturated rings. The first kappa shape index (κ1) is 17.2. The molecular formula is C18H35NO2. The van der Waals surface area contributed by atoms with E-state index in [1.807, 2.05) is 0 Å². The molecule has 0 spiro atoms. The summed E-state index contributed by atoms with van der Waals surface area (Å²) in [5, 5.41) is 13.7. The van der Waals surface area contributed by atoms with Crippen LogP contribution in [0.5, 0.6) is 0 Å². The average Bonchev–Trinajstić information content (AvgIpc) is 2.55. The van der Waals surface area contributed by atoms with Crippen molar-refractivity contribution in [2.75, 3.05) is 13.2 Å². The fourth-order valence-electron chi connectivity index (χ4n) is 4.01. The number of hydrogen-bond acceptors (Lipinski definition) is 3. The quantitative estimate of drug-likeness (QED) is 0.718. The molecule has 21 heavy (non-hydrogen) atoms. The number of hydrogen-bond donors (Lipinski definition) is 2. The SMILES string of the molecule is CCC(NCC(O)COC1CCCCC1)C1CCCCC1. The lowest BCUT2D eigenvalue weighted by molar-refractivity contribution is -0.0242. The van der Waals surface area contributed by atoms with Crippen LogP contribution in [0.15, 0.2) is 0 Å². The molecule has 0 bridgehead atoms. The number of aliphatic hydroxyl groups is 1. The topological polar surface area (TPSA) is 41.5 Å². The zero-order valence-corrected chi connectivity index (χ0v) is 13.9. The minimum Gasteiger partial charge on any atom is -0.389 e. The first-order valence-corrected chi connectivity index (χ1v) is 9.32. The van der Waals surface area contributed by atoms with E-state index in [0.29, 0.717) is 25.3 Å². The summed E-state index contributed by atoms with van der Waals surface area (Å²) in [6.45, 7) is 3.44. The second kappa shape index (κ2) is 9.81. The second-order valence-electron chi connectivity index (χ2n) is 7.07. The first-order chi connectivity index (χ1) is 10.3. The number of rotatable bonds is 8. The zero-order chi connectivity index (χ0) is 14.9. The lowest BCUT2D eigenvalue weighted by atomic mass is 9.83. The van der Waals surface area contributed by atoms with E-state index < -0.39 is 0 Å². The molecule has 3 heteroatoms. The molecule has 0 aromatic heterocycles. The highest BCUT2D eigenvalue weighted by Crippen LogP contribution is 2.27. The third-order valence-corrected chi connectivity index (χ3v) is 5.35. The fourth-order valence-corrected chi connectivity index (χ4v) is 4.01. The minimum atomic E-state index is -0.357. The normalized spacial score (nSPS) is 24.9. The Hall–Kier alpha value is -0.120. The van der Waals surface area contributed by atoms with Crippen LogP contribution in [0.2, 0.25) is 0 Å². The standard InChI is InChI=1S/C18H35NO2/c1-2-18(15-9-5-3-6-10-15)19-13-16(20)14-21-17-11-7-4-8-12-17/h15-20H,2-14H2,1H3. The van der Waals surface area contributed by atoms with Crippen LogP contribution in [0.1, 0.15) is 77.6 Å². The highest BCUT2D eigenvalue weighted by atomic mass is 16.5. The van der Waals surface area contributed by atoms with Crippen molar-refractivity contribution in [2.45, 2.75) is 95.8 Å². The average molecular weight is 297 g/mol. The van der Waals surface area contributed by atoms with Crippen LogP contribution in [0, 0.1) is 5.92 Å². The molecule has 0 saturated heterocycles. The van der Waals surface area contributed by atoms with Crippen molar-refractivity contribution in [1.82, 2.24) is 5.32 Å².